The van der Waals surface area contributed by atoms with E-state index in [2.05, 4.69) is 27.1 Å². The second-order valence-corrected chi connectivity index (χ2v) is 8.93. The third-order valence-corrected chi connectivity index (χ3v) is 7.00. The molecule has 6 rings (SSSR count). The summed E-state index contributed by atoms with van der Waals surface area (Å²) in [5.74, 6) is -0.0240. The number of hydrogen-bond acceptors (Lipinski definition) is 5. The van der Waals surface area contributed by atoms with Crippen LogP contribution >= 0.6 is 0 Å². The van der Waals surface area contributed by atoms with Gasteiger partial charge in [-0.3, -0.25) is 9.78 Å². The Hall–Kier alpha value is -3.37. The molecule has 3 aliphatic rings. The monoisotopic (exact) mass is 474 g/mol. The zero-order valence-corrected chi connectivity index (χ0v) is 18.3. The SMILES string of the molecule is C[C@@H]1C2CC(C2)N(C(=O)c2ccc(F)cc2-n2nccn2)C1CCc1cnc(C(F)(F)F)cn1. The zero-order valence-electron chi connectivity index (χ0n) is 18.3. The van der Waals surface area contributed by atoms with Gasteiger partial charge in [-0.15, -0.1) is 0 Å². The molecule has 2 saturated heterocycles. The van der Waals surface area contributed by atoms with Crippen LogP contribution in [0.4, 0.5) is 17.6 Å². The van der Waals surface area contributed by atoms with E-state index in [4.69, 9.17) is 0 Å². The molecule has 1 saturated carbocycles. The van der Waals surface area contributed by atoms with Crippen molar-refractivity contribution < 1.29 is 22.4 Å². The smallest absolute Gasteiger partial charge is 0.332 e. The summed E-state index contributed by atoms with van der Waals surface area (Å²) in [6.45, 7) is 2.10. The minimum Gasteiger partial charge on any atom is -0.332 e. The summed E-state index contributed by atoms with van der Waals surface area (Å²) in [6.07, 6.45) is 2.98. The van der Waals surface area contributed by atoms with Gasteiger partial charge in [-0.1, -0.05) is 6.92 Å². The number of benzene rings is 1. The second-order valence-electron chi connectivity index (χ2n) is 8.93. The Morgan fingerprint density at radius 1 is 1.12 bits per heavy atom. The Morgan fingerprint density at radius 2 is 1.85 bits per heavy atom. The molecular formula is C23H22F4N6O. The third kappa shape index (κ3) is 4.03. The molecule has 3 fully saturated rings. The van der Waals surface area contributed by atoms with Crippen LogP contribution < -0.4 is 0 Å². The second kappa shape index (κ2) is 8.44. The Labute approximate surface area is 192 Å². The molecule has 7 nitrogen and oxygen atoms in total. The van der Waals surface area contributed by atoms with Crippen LogP contribution in [0.2, 0.25) is 0 Å². The molecule has 0 radical (unpaired) electrons. The predicted molar refractivity (Wildman–Crippen MR) is 112 cm³/mol. The number of carbonyl (C=O) groups is 1. The first-order chi connectivity index (χ1) is 16.2. The lowest BCUT2D eigenvalue weighted by Gasteiger charge is -2.57. The number of aromatic nitrogens is 5. The summed E-state index contributed by atoms with van der Waals surface area (Å²) in [4.78, 5) is 24.3. The largest absolute Gasteiger partial charge is 0.434 e. The maximum Gasteiger partial charge on any atom is 0.434 e. The van der Waals surface area contributed by atoms with E-state index in [9.17, 15) is 22.4 Å². The minimum atomic E-state index is -4.54. The van der Waals surface area contributed by atoms with Crippen molar-refractivity contribution in [1.82, 2.24) is 29.9 Å². The number of alkyl halides is 3. The first-order valence-electron chi connectivity index (χ1n) is 11.1. The van der Waals surface area contributed by atoms with E-state index in [-0.39, 0.29) is 29.6 Å². The van der Waals surface area contributed by atoms with E-state index in [0.29, 0.717) is 30.0 Å². The van der Waals surface area contributed by atoms with Crippen molar-refractivity contribution >= 4 is 5.91 Å². The van der Waals surface area contributed by atoms with Crippen molar-refractivity contribution in [2.75, 3.05) is 0 Å². The Morgan fingerprint density at radius 3 is 2.50 bits per heavy atom. The predicted octanol–water partition coefficient (Wildman–Crippen LogP) is 4.09. The molecule has 34 heavy (non-hydrogen) atoms. The van der Waals surface area contributed by atoms with E-state index in [1.165, 1.54) is 35.4 Å². The number of rotatable bonds is 5. The van der Waals surface area contributed by atoms with Gasteiger partial charge in [-0.05, 0) is 49.7 Å². The average Bonchev–Trinajstić information content (AvgIpc) is 3.31. The Kier molecular flexibility index (Phi) is 5.57. The highest BCUT2D eigenvalue weighted by atomic mass is 19.4. The molecule has 2 bridgehead atoms. The van der Waals surface area contributed by atoms with E-state index in [1.54, 1.807) is 0 Å². The molecule has 11 heteroatoms. The van der Waals surface area contributed by atoms with Gasteiger partial charge in [0.15, 0.2) is 5.69 Å². The number of aryl methyl sites for hydroxylation is 1. The van der Waals surface area contributed by atoms with Crippen LogP contribution in [-0.2, 0) is 12.6 Å². The minimum absolute atomic E-state index is 0.0703. The summed E-state index contributed by atoms with van der Waals surface area (Å²) in [6, 6.07) is 3.86. The van der Waals surface area contributed by atoms with E-state index in [0.717, 1.165) is 25.2 Å². The first kappa shape index (κ1) is 22.4. The molecule has 178 valence electrons. The molecule has 1 aliphatic carbocycles. The van der Waals surface area contributed by atoms with Gasteiger partial charge in [-0.25, -0.2) is 9.37 Å². The van der Waals surface area contributed by atoms with Crippen LogP contribution in [0.3, 0.4) is 0 Å². The van der Waals surface area contributed by atoms with Crippen molar-refractivity contribution in [3.05, 3.63) is 65.8 Å². The van der Waals surface area contributed by atoms with Crippen molar-refractivity contribution in [1.29, 1.82) is 0 Å². The van der Waals surface area contributed by atoms with Crippen LogP contribution in [0.15, 0.2) is 43.0 Å². The number of halogens is 4. The molecule has 0 spiro atoms. The van der Waals surface area contributed by atoms with Crippen molar-refractivity contribution in [3.63, 3.8) is 0 Å². The summed E-state index contributed by atoms with van der Waals surface area (Å²) in [5.41, 5.74) is -0.0302. The Bertz CT molecular complexity index is 1180. The highest BCUT2D eigenvalue weighted by Gasteiger charge is 2.50. The lowest BCUT2D eigenvalue weighted by molar-refractivity contribution is -0.141. The maximum absolute atomic E-state index is 14.0. The van der Waals surface area contributed by atoms with Gasteiger partial charge in [0.25, 0.3) is 5.91 Å². The Balaban J connectivity index is 1.40. The standard InChI is InChI=1S/C23H22F4N6O/c1-13-14-8-17(9-14)32(19(13)5-3-16-11-29-21(12-28-16)23(25,26)27)22(34)18-4-2-15(24)10-20(18)33-30-6-7-31-33/h2,4,6-7,10-14,17,19H,3,5,8-9H2,1H3/t13-,14?,17?,19?/m1/s1. The van der Waals surface area contributed by atoms with Crippen LogP contribution in [0.25, 0.3) is 5.69 Å². The van der Waals surface area contributed by atoms with Gasteiger partial charge in [0, 0.05) is 24.3 Å². The molecule has 2 aromatic heterocycles. The average molecular weight is 474 g/mol. The normalized spacial score (nSPS) is 24.1. The molecule has 1 aromatic carbocycles. The molecule has 3 aromatic rings. The number of hydrogen-bond donors (Lipinski definition) is 0. The van der Waals surface area contributed by atoms with E-state index in [1.807, 2.05) is 4.90 Å². The highest BCUT2D eigenvalue weighted by molar-refractivity contribution is 5.98. The summed E-state index contributed by atoms with van der Waals surface area (Å²) >= 11 is 0. The lowest BCUT2D eigenvalue weighted by atomic mass is 9.64. The third-order valence-electron chi connectivity index (χ3n) is 7.00. The highest BCUT2D eigenvalue weighted by Crippen LogP contribution is 2.48. The van der Waals surface area contributed by atoms with Crippen molar-refractivity contribution in [2.45, 2.75) is 50.9 Å². The van der Waals surface area contributed by atoms with Crippen LogP contribution in [0.1, 0.15) is 47.9 Å². The fraction of sp³-hybridized carbons (Fsp3) is 0.435. The molecule has 1 unspecified atom stereocenters. The number of piperidine rings is 2. The van der Waals surface area contributed by atoms with Gasteiger partial charge in [-0.2, -0.15) is 28.2 Å². The van der Waals surface area contributed by atoms with Crippen molar-refractivity contribution in [2.24, 2.45) is 11.8 Å². The molecule has 1 amide bonds. The summed E-state index contributed by atoms with van der Waals surface area (Å²) < 4.78 is 52.3. The van der Waals surface area contributed by atoms with Crippen LogP contribution in [-0.4, -0.2) is 47.9 Å². The number of nitrogens with zero attached hydrogens (tertiary/aromatic N) is 6. The number of carbonyl (C=O) groups excluding carboxylic acids is 1. The quantitative estimate of drug-likeness (QED) is 0.521. The number of amides is 1. The molecule has 2 atom stereocenters. The fourth-order valence-electron chi connectivity index (χ4n) is 5.10. The van der Waals surface area contributed by atoms with Gasteiger partial charge in [0.2, 0.25) is 0 Å². The number of fused-ring (bicyclic) bond motifs is 2. The maximum atomic E-state index is 14.0. The van der Waals surface area contributed by atoms with Crippen LogP contribution in [0.5, 0.6) is 0 Å². The summed E-state index contributed by atoms with van der Waals surface area (Å²) in [5, 5.41) is 8.10. The van der Waals surface area contributed by atoms with Gasteiger partial charge < -0.3 is 4.90 Å². The van der Waals surface area contributed by atoms with E-state index < -0.39 is 17.7 Å². The first-order valence-corrected chi connectivity index (χ1v) is 11.1. The molecule has 0 N–H and O–H groups in total. The summed E-state index contributed by atoms with van der Waals surface area (Å²) in [7, 11) is 0. The van der Waals surface area contributed by atoms with Gasteiger partial charge in [0.1, 0.15) is 11.5 Å². The molecule has 2 aliphatic heterocycles. The topological polar surface area (TPSA) is 76.8 Å². The van der Waals surface area contributed by atoms with E-state index >= 15 is 0 Å². The lowest BCUT2D eigenvalue weighted by Crippen LogP contribution is -2.63. The van der Waals surface area contributed by atoms with Crippen LogP contribution in [0, 0.1) is 17.7 Å². The van der Waals surface area contributed by atoms with Gasteiger partial charge in [0.05, 0.1) is 29.8 Å². The van der Waals surface area contributed by atoms with Crippen molar-refractivity contribution in [3.8, 4) is 5.69 Å². The molecule has 4 heterocycles. The molecular weight excluding hydrogens is 452 g/mol. The van der Waals surface area contributed by atoms with Gasteiger partial charge >= 0.3 is 6.18 Å². The zero-order chi connectivity index (χ0) is 24.0. The fourth-order valence-corrected chi connectivity index (χ4v) is 5.10.